The Morgan fingerprint density at radius 1 is 1.60 bits per heavy atom. The molecule has 0 saturated heterocycles. The minimum Gasteiger partial charge on any atom is -0.464 e. The van der Waals surface area contributed by atoms with Crippen LogP contribution in [0.1, 0.15) is 24.2 Å². The molecule has 0 bridgehead atoms. The third kappa shape index (κ3) is 2.84. The van der Waals surface area contributed by atoms with Gasteiger partial charge in [-0.25, -0.2) is 9.78 Å². The zero-order chi connectivity index (χ0) is 14.7. The van der Waals surface area contributed by atoms with Crippen molar-refractivity contribution in [1.82, 2.24) is 14.9 Å². The van der Waals surface area contributed by atoms with Crippen molar-refractivity contribution in [2.75, 3.05) is 12.4 Å². The van der Waals surface area contributed by atoms with Crippen LogP contribution in [0.4, 0.5) is 0 Å². The normalized spacial score (nSPS) is 14.5. The van der Waals surface area contributed by atoms with Crippen molar-refractivity contribution in [2.24, 2.45) is 0 Å². The number of nitrogens with one attached hydrogen (secondary N) is 1. The van der Waals surface area contributed by atoms with Crippen LogP contribution in [0.25, 0.3) is 0 Å². The van der Waals surface area contributed by atoms with Gasteiger partial charge in [-0.2, -0.15) is 0 Å². The predicted octanol–water partition coefficient (Wildman–Crippen LogP) is 0.0304. The first kappa shape index (κ1) is 14.6. The Kier molecular flexibility index (Phi) is 4.43. The van der Waals surface area contributed by atoms with Crippen molar-refractivity contribution in [3.63, 3.8) is 0 Å². The van der Waals surface area contributed by atoms with Gasteiger partial charge < -0.3 is 10.1 Å². The molecule has 0 saturated carbocycles. The Morgan fingerprint density at radius 2 is 2.35 bits per heavy atom. The lowest BCUT2D eigenvalue weighted by Gasteiger charge is -2.12. The van der Waals surface area contributed by atoms with Crippen LogP contribution in [0, 0.1) is 0 Å². The number of carbonyl (C=O) groups is 2. The van der Waals surface area contributed by atoms with Crippen LogP contribution >= 0.6 is 11.8 Å². The van der Waals surface area contributed by atoms with Gasteiger partial charge in [0.15, 0.2) is 5.16 Å². The number of hydrogen-bond donors (Lipinski definition) is 1. The largest absolute Gasteiger partial charge is 0.464 e. The van der Waals surface area contributed by atoms with Gasteiger partial charge in [-0.3, -0.25) is 14.2 Å². The summed E-state index contributed by atoms with van der Waals surface area (Å²) in [4.78, 5) is 39.6. The quantitative estimate of drug-likeness (QED) is 0.623. The van der Waals surface area contributed by atoms with Crippen molar-refractivity contribution < 1.29 is 14.3 Å². The number of esters is 1. The molecule has 1 amide bonds. The average Bonchev–Trinajstić information content (AvgIpc) is 2.88. The van der Waals surface area contributed by atoms with Crippen LogP contribution in [0.2, 0.25) is 0 Å². The zero-order valence-corrected chi connectivity index (χ0v) is 12.0. The van der Waals surface area contributed by atoms with Crippen LogP contribution in [0.5, 0.6) is 0 Å². The molecule has 1 aliphatic heterocycles. The van der Waals surface area contributed by atoms with E-state index < -0.39 is 17.9 Å². The number of carbonyl (C=O) groups excluding carboxylic acids is 2. The van der Waals surface area contributed by atoms with Crippen molar-refractivity contribution >= 4 is 23.6 Å². The van der Waals surface area contributed by atoms with Crippen LogP contribution in [0.15, 0.2) is 16.1 Å². The summed E-state index contributed by atoms with van der Waals surface area (Å²) in [7, 11) is 0. The molecule has 2 rings (SSSR count). The van der Waals surface area contributed by atoms with Gasteiger partial charge in [-0.1, -0.05) is 11.8 Å². The lowest BCUT2D eigenvalue weighted by Crippen LogP contribution is -2.42. The summed E-state index contributed by atoms with van der Waals surface area (Å²) in [5.74, 6) is -0.382. The fourth-order valence-corrected chi connectivity index (χ4v) is 2.69. The Labute approximate surface area is 119 Å². The van der Waals surface area contributed by atoms with E-state index in [1.165, 1.54) is 29.4 Å². The van der Waals surface area contributed by atoms with E-state index in [4.69, 9.17) is 4.74 Å². The maximum absolute atomic E-state index is 12.1. The van der Waals surface area contributed by atoms with Gasteiger partial charge in [-0.05, 0) is 13.8 Å². The van der Waals surface area contributed by atoms with Gasteiger partial charge in [0.05, 0.1) is 6.61 Å². The first-order valence-electron chi connectivity index (χ1n) is 6.24. The molecule has 0 aliphatic carbocycles. The monoisotopic (exact) mass is 297 g/mol. The predicted molar refractivity (Wildman–Crippen MR) is 72.8 cm³/mol. The number of ether oxygens (including phenoxy) is 1. The zero-order valence-electron chi connectivity index (χ0n) is 11.2. The fraction of sp³-hybridized carbons (Fsp3) is 0.500. The highest BCUT2D eigenvalue weighted by Crippen LogP contribution is 2.20. The Hall–Kier alpha value is -1.83. The summed E-state index contributed by atoms with van der Waals surface area (Å²) in [6.07, 6.45) is 1.25. The SMILES string of the molecule is CCOC(=O)C(C)NC(=O)c1cnc2n(c1=O)CCS2. The smallest absolute Gasteiger partial charge is 0.328 e. The summed E-state index contributed by atoms with van der Waals surface area (Å²) in [5, 5.41) is 3.05. The molecule has 1 unspecified atom stereocenters. The molecule has 0 aromatic carbocycles. The topological polar surface area (TPSA) is 90.3 Å². The number of rotatable bonds is 4. The van der Waals surface area contributed by atoms with Crippen LogP contribution in [0.3, 0.4) is 0 Å². The molecule has 1 aromatic heterocycles. The maximum Gasteiger partial charge on any atom is 0.328 e. The molecule has 8 heteroatoms. The van der Waals surface area contributed by atoms with E-state index in [0.29, 0.717) is 11.7 Å². The third-order valence-electron chi connectivity index (χ3n) is 2.79. The van der Waals surface area contributed by atoms with Crippen molar-refractivity contribution in [3.05, 3.63) is 22.1 Å². The number of amides is 1. The van der Waals surface area contributed by atoms with Gasteiger partial charge >= 0.3 is 5.97 Å². The van der Waals surface area contributed by atoms with Gasteiger partial charge in [0, 0.05) is 18.5 Å². The summed E-state index contributed by atoms with van der Waals surface area (Å²) < 4.78 is 6.26. The first-order valence-corrected chi connectivity index (χ1v) is 7.23. The number of aromatic nitrogens is 2. The highest BCUT2D eigenvalue weighted by atomic mass is 32.2. The van der Waals surface area contributed by atoms with E-state index in [1.807, 2.05) is 0 Å². The highest BCUT2D eigenvalue weighted by Gasteiger charge is 2.23. The second-order valence-electron chi connectivity index (χ2n) is 4.21. The van der Waals surface area contributed by atoms with Crippen LogP contribution < -0.4 is 10.9 Å². The molecule has 1 aliphatic rings. The number of hydrogen-bond acceptors (Lipinski definition) is 6. The fourth-order valence-electron chi connectivity index (χ4n) is 1.77. The van der Waals surface area contributed by atoms with E-state index in [1.54, 1.807) is 6.92 Å². The first-order chi connectivity index (χ1) is 9.54. The Bertz CT molecular complexity index is 599. The Balaban J connectivity index is 2.14. The van der Waals surface area contributed by atoms with E-state index in [0.717, 1.165) is 5.75 Å². The molecular formula is C12H15N3O4S. The molecule has 0 fully saturated rings. The molecule has 0 radical (unpaired) electrons. The van der Waals surface area contributed by atoms with E-state index >= 15 is 0 Å². The highest BCUT2D eigenvalue weighted by molar-refractivity contribution is 7.99. The minimum atomic E-state index is -0.811. The van der Waals surface area contributed by atoms with Gasteiger partial charge in [0.1, 0.15) is 11.6 Å². The molecular weight excluding hydrogens is 282 g/mol. The summed E-state index contributed by atoms with van der Waals surface area (Å²) >= 11 is 1.47. The number of nitrogens with zero attached hydrogens (tertiary/aromatic N) is 2. The molecule has 1 aromatic rings. The summed E-state index contributed by atoms with van der Waals surface area (Å²) in [6.45, 7) is 3.96. The second kappa shape index (κ2) is 6.08. The standard InChI is InChI=1S/C12H15N3O4S/c1-3-19-11(18)7(2)14-9(16)8-6-13-12-15(10(8)17)4-5-20-12/h6-7H,3-5H2,1-2H3,(H,14,16). The summed E-state index contributed by atoms with van der Waals surface area (Å²) in [5.41, 5.74) is -0.444. The lowest BCUT2D eigenvalue weighted by atomic mass is 10.2. The van der Waals surface area contributed by atoms with E-state index in [-0.39, 0.29) is 17.7 Å². The average molecular weight is 297 g/mol. The van der Waals surface area contributed by atoms with Crippen LogP contribution in [-0.4, -0.2) is 39.8 Å². The molecule has 1 atom stereocenters. The Morgan fingerprint density at radius 3 is 3.05 bits per heavy atom. The molecule has 108 valence electrons. The third-order valence-corrected chi connectivity index (χ3v) is 3.76. The van der Waals surface area contributed by atoms with Gasteiger partial charge in [0.25, 0.3) is 11.5 Å². The van der Waals surface area contributed by atoms with Gasteiger partial charge in [0.2, 0.25) is 0 Å². The number of thioether (sulfide) groups is 1. The van der Waals surface area contributed by atoms with Gasteiger partial charge in [-0.15, -0.1) is 0 Å². The molecule has 7 nitrogen and oxygen atoms in total. The van der Waals surface area contributed by atoms with Crippen molar-refractivity contribution in [1.29, 1.82) is 0 Å². The molecule has 1 N–H and O–H groups in total. The van der Waals surface area contributed by atoms with E-state index in [2.05, 4.69) is 10.3 Å². The molecule has 2 heterocycles. The lowest BCUT2D eigenvalue weighted by molar-refractivity contribution is -0.144. The molecule has 20 heavy (non-hydrogen) atoms. The molecule has 0 spiro atoms. The summed E-state index contributed by atoms with van der Waals surface area (Å²) in [6, 6.07) is -0.811. The van der Waals surface area contributed by atoms with Crippen molar-refractivity contribution in [3.8, 4) is 0 Å². The van der Waals surface area contributed by atoms with E-state index in [9.17, 15) is 14.4 Å². The van der Waals surface area contributed by atoms with Crippen molar-refractivity contribution in [2.45, 2.75) is 31.6 Å². The second-order valence-corrected chi connectivity index (χ2v) is 5.27. The minimum absolute atomic E-state index is 0.0626. The maximum atomic E-state index is 12.1. The van der Waals surface area contributed by atoms with Crippen LogP contribution in [-0.2, 0) is 16.1 Å². The number of fused-ring (bicyclic) bond motifs is 1.